The normalized spacial score (nSPS) is 24.1. The number of anilines is 4. The van der Waals surface area contributed by atoms with Crippen LogP contribution in [0.15, 0.2) is 40.4 Å². The molecule has 0 bridgehead atoms. The SMILES string of the molecule is COc1c(Nc2cc(C)[nH]n2)nc(Sc2ccc(NC(C)=O)cc2)nc1N1CC2CCC3C1N23. The molecule has 6 rings (SSSR count). The topological polar surface area (TPSA) is 111 Å². The van der Waals surface area contributed by atoms with E-state index in [0.29, 0.717) is 40.8 Å². The standard InChI is InChI=1S/C23H26N8O2S/c1-12-10-18(29-28-12)25-20-19(33-3)21(30-11-15-6-9-17-22(30)31(15)17)27-23(26-20)34-16-7-4-14(5-8-16)24-13(2)32/h4-5,7-8,10,15,17,22H,6,9,11H2,1-3H3,(H,24,32)(H2,25,26,27,28,29). The Labute approximate surface area is 201 Å². The Kier molecular flexibility index (Phi) is 5.10. The molecule has 2 aromatic heterocycles. The average molecular weight is 479 g/mol. The van der Waals surface area contributed by atoms with Gasteiger partial charge in [-0.05, 0) is 55.8 Å². The highest BCUT2D eigenvalue weighted by Gasteiger charge is 2.64. The monoisotopic (exact) mass is 478 g/mol. The van der Waals surface area contributed by atoms with Crippen molar-refractivity contribution in [3.8, 4) is 5.75 Å². The molecule has 176 valence electrons. The molecule has 3 saturated heterocycles. The maximum atomic E-state index is 11.3. The first-order valence-corrected chi connectivity index (χ1v) is 12.2. The lowest BCUT2D eigenvalue weighted by molar-refractivity contribution is -0.114. The van der Waals surface area contributed by atoms with Gasteiger partial charge in [-0.25, -0.2) is 9.97 Å². The first-order chi connectivity index (χ1) is 16.5. The molecule has 3 fully saturated rings. The van der Waals surface area contributed by atoms with Crippen molar-refractivity contribution in [2.24, 2.45) is 0 Å². The molecule has 10 nitrogen and oxygen atoms in total. The number of rotatable bonds is 7. The number of aryl methyl sites for hydroxylation is 1. The van der Waals surface area contributed by atoms with Crippen LogP contribution in [0.3, 0.4) is 0 Å². The number of amides is 1. The number of piperidine rings is 1. The second-order valence-corrected chi connectivity index (χ2v) is 9.93. The van der Waals surface area contributed by atoms with Crippen LogP contribution in [0.2, 0.25) is 0 Å². The van der Waals surface area contributed by atoms with Gasteiger partial charge in [-0.3, -0.25) is 14.8 Å². The van der Waals surface area contributed by atoms with Crippen LogP contribution < -0.4 is 20.3 Å². The highest BCUT2D eigenvalue weighted by atomic mass is 32.2. The number of aromatic nitrogens is 4. The lowest BCUT2D eigenvalue weighted by atomic mass is 10.2. The van der Waals surface area contributed by atoms with Gasteiger partial charge in [0.05, 0.1) is 7.11 Å². The molecule has 0 aliphatic carbocycles. The summed E-state index contributed by atoms with van der Waals surface area (Å²) in [5, 5.41) is 14.0. The maximum absolute atomic E-state index is 11.3. The second-order valence-electron chi connectivity index (χ2n) is 8.89. The van der Waals surface area contributed by atoms with Gasteiger partial charge < -0.3 is 20.3 Å². The van der Waals surface area contributed by atoms with Crippen molar-refractivity contribution in [1.82, 2.24) is 25.1 Å². The summed E-state index contributed by atoms with van der Waals surface area (Å²) < 4.78 is 5.85. The molecule has 1 aromatic carbocycles. The predicted molar refractivity (Wildman–Crippen MR) is 130 cm³/mol. The minimum atomic E-state index is -0.0958. The zero-order chi connectivity index (χ0) is 23.4. The van der Waals surface area contributed by atoms with E-state index in [9.17, 15) is 4.79 Å². The fraction of sp³-hybridized carbons (Fsp3) is 0.391. The Hall–Kier alpha value is -3.31. The summed E-state index contributed by atoms with van der Waals surface area (Å²) in [6.07, 6.45) is 2.89. The molecule has 3 N–H and O–H groups in total. The number of aromatic amines is 1. The third kappa shape index (κ3) is 3.74. The van der Waals surface area contributed by atoms with Crippen molar-refractivity contribution in [2.75, 3.05) is 29.2 Å². The van der Waals surface area contributed by atoms with Crippen LogP contribution in [0.4, 0.5) is 23.1 Å². The molecule has 3 aliphatic rings. The Morgan fingerprint density at radius 3 is 2.71 bits per heavy atom. The second kappa shape index (κ2) is 8.17. The number of piperazine rings is 1. The highest BCUT2D eigenvalue weighted by molar-refractivity contribution is 7.99. The van der Waals surface area contributed by atoms with E-state index >= 15 is 0 Å². The van der Waals surface area contributed by atoms with Gasteiger partial charge in [0.1, 0.15) is 6.17 Å². The molecule has 34 heavy (non-hydrogen) atoms. The first-order valence-electron chi connectivity index (χ1n) is 11.3. The molecule has 0 spiro atoms. The van der Waals surface area contributed by atoms with Crippen LogP contribution in [0.25, 0.3) is 0 Å². The molecule has 3 aromatic rings. The van der Waals surface area contributed by atoms with Crippen LogP contribution in [0.1, 0.15) is 25.5 Å². The number of hydrogen-bond donors (Lipinski definition) is 3. The zero-order valence-electron chi connectivity index (χ0n) is 19.2. The fourth-order valence-electron chi connectivity index (χ4n) is 5.13. The molecular weight excluding hydrogens is 452 g/mol. The average Bonchev–Trinajstić information content (AvgIpc) is 3.04. The Morgan fingerprint density at radius 1 is 1.24 bits per heavy atom. The number of ether oxygens (including phenoxy) is 1. The summed E-state index contributed by atoms with van der Waals surface area (Å²) in [5.41, 5.74) is 1.71. The van der Waals surface area contributed by atoms with Gasteiger partial charge in [-0.15, -0.1) is 0 Å². The third-order valence-electron chi connectivity index (χ3n) is 6.53. The van der Waals surface area contributed by atoms with Crippen LogP contribution in [0, 0.1) is 6.92 Å². The van der Waals surface area contributed by atoms with Gasteiger partial charge >= 0.3 is 0 Å². The summed E-state index contributed by atoms with van der Waals surface area (Å²) in [6, 6.07) is 10.8. The van der Waals surface area contributed by atoms with E-state index in [1.807, 2.05) is 37.3 Å². The summed E-state index contributed by atoms with van der Waals surface area (Å²) in [7, 11) is 1.66. The van der Waals surface area contributed by atoms with E-state index in [4.69, 9.17) is 14.7 Å². The molecule has 1 amide bonds. The summed E-state index contributed by atoms with van der Waals surface area (Å²) >= 11 is 1.47. The predicted octanol–water partition coefficient (Wildman–Crippen LogP) is 3.36. The van der Waals surface area contributed by atoms with Crippen molar-refractivity contribution >= 4 is 40.8 Å². The number of nitrogens with one attached hydrogen (secondary N) is 3. The van der Waals surface area contributed by atoms with Crippen LogP contribution in [0.5, 0.6) is 5.75 Å². The third-order valence-corrected chi connectivity index (χ3v) is 7.40. The van der Waals surface area contributed by atoms with Crippen molar-refractivity contribution < 1.29 is 9.53 Å². The lowest BCUT2D eigenvalue weighted by Crippen LogP contribution is -2.29. The maximum Gasteiger partial charge on any atom is 0.221 e. The number of carbonyl (C=O) groups is 1. The number of carbonyl (C=O) groups excluding carboxylic acids is 1. The minimum Gasteiger partial charge on any atom is -0.490 e. The Morgan fingerprint density at radius 2 is 2.06 bits per heavy atom. The molecule has 3 aliphatic heterocycles. The van der Waals surface area contributed by atoms with Gasteiger partial charge in [-0.2, -0.15) is 5.10 Å². The lowest BCUT2D eigenvalue weighted by Gasteiger charge is -2.23. The van der Waals surface area contributed by atoms with Gasteiger partial charge in [0, 0.05) is 47.9 Å². The molecule has 4 unspecified atom stereocenters. The van der Waals surface area contributed by atoms with E-state index in [-0.39, 0.29) is 5.91 Å². The molecule has 11 heteroatoms. The smallest absolute Gasteiger partial charge is 0.221 e. The van der Waals surface area contributed by atoms with Crippen molar-refractivity contribution in [1.29, 1.82) is 0 Å². The molecule has 5 heterocycles. The molecular formula is C23H26N8O2S. The van der Waals surface area contributed by atoms with Crippen LogP contribution in [-0.4, -0.2) is 62.9 Å². The Bertz CT molecular complexity index is 1250. The Balaban J connectivity index is 1.35. The van der Waals surface area contributed by atoms with Gasteiger partial charge in [0.2, 0.25) is 11.7 Å². The number of benzene rings is 1. The quantitative estimate of drug-likeness (QED) is 0.348. The van der Waals surface area contributed by atoms with Crippen molar-refractivity contribution in [3.05, 3.63) is 36.0 Å². The number of hydrogen-bond acceptors (Lipinski definition) is 9. The first kappa shape index (κ1) is 21.2. The van der Waals surface area contributed by atoms with Gasteiger partial charge in [0.15, 0.2) is 22.6 Å². The van der Waals surface area contributed by atoms with Crippen LogP contribution >= 0.6 is 11.8 Å². The molecule has 0 radical (unpaired) electrons. The largest absolute Gasteiger partial charge is 0.490 e. The molecule has 4 atom stereocenters. The zero-order valence-corrected chi connectivity index (χ0v) is 20.0. The van der Waals surface area contributed by atoms with E-state index < -0.39 is 0 Å². The van der Waals surface area contributed by atoms with E-state index in [0.717, 1.165) is 28.6 Å². The fourth-order valence-corrected chi connectivity index (χ4v) is 5.88. The van der Waals surface area contributed by atoms with Crippen LogP contribution in [-0.2, 0) is 4.79 Å². The van der Waals surface area contributed by atoms with E-state index in [1.165, 1.54) is 31.5 Å². The van der Waals surface area contributed by atoms with E-state index in [2.05, 4.69) is 30.6 Å². The number of fused-ring (bicyclic) bond motifs is 1. The van der Waals surface area contributed by atoms with Crippen molar-refractivity contribution in [3.63, 3.8) is 0 Å². The number of methoxy groups -OCH3 is 1. The summed E-state index contributed by atoms with van der Waals surface area (Å²) in [5.74, 6) is 2.60. The molecule has 0 saturated carbocycles. The van der Waals surface area contributed by atoms with Gasteiger partial charge in [0.25, 0.3) is 0 Å². The van der Waals surface area contributed by atoms with Gasteiger partial charge in [-0.1, -0.05) is 0 Å². The van der Waals surface area contributed by atoms with Crippen molar-refractivity contribution in [2.45, 2.75) is 55.0 Å². The summed E-state index contributed by atoms with van der Waals surface area (Å²) in [6.45, 7) is 4.40. The van der Waals surface area contributed by atoms with E-state index in [1.54, 1.807) is 7.11 Å². The number of nitrogens with zero attached hydrogens (tertiary/aromatic N) is 5. The highest BCUT2D eigenvalue weighted by Crippen LogP contribution is 2.53. The summed E-state index contributed by atoms with van der Waals surface area (Å²) in [4.78, 5) is 27.0. The number of H-pyrrole nitrogens is 1. The minimum absolute atomic E-state index is 0.0958.